The predicted molar refractivity (Wildman–Crippen MR) is 110 cm³/mol. The van der Waals surface area contributed by atoms with E-state index in [1.807, 2.05) is 4.90 Å². The number of nitrogens with zero attached hydrogens (tertiary/aromatic N) is 3. The van der Waals surface area contributed by atoms with Gasteiger partial charge in [0.2, 0.25) is 5.91 Å². The zero-order valence-corrected chi connectivity index (χ0v) is 16.9. The number of hydrogen-bond donors (Lipinski definition) is 0. The fraction of sp³-hybridized carbons (Fsp3) is 0.409. The van der Waals surface area contributed by atoms with Crippen LogP contribution in [0, 0.1) is 0 Å². The Morgan fingerprint density at radius 1 is 1.18 bits per heavy atom. The topological polar surface area (TPSA) is 64.3 Å². The summed E-state index contributed by atoms with van der Waals surface area (Å²) in [6.07, 6.45) is 6.40. The van der Waals surface area contributed by atoms with Crippen molar-refractivity contribution in [3.63, 3.8) is 0 Å². The van der Waals surface area contributed by atoms with Gasteiger partial charge in [-0.1, -0.05) is 38.1 Å². The fourth-order valence-electron chi connectivity index (χ4n) is 3.19. The maximum Gasteiger partial charge on any atom is 0.330 e. The van der Waals surface area contributed by atoms with Crippen molar-refractivity contribution in [2.75, 3.05) is 0 Å². The largest absolute Gasteiger partial charge is 0.332 e. The van der Waals surface area contributed by atoms with Gasteiger partial charge in [-0.2, -0.15) is 0 Å². The Morgan fingerprint density at radius 3 is 2.39 bits per heavy atom. The molecule has 28 heavy (non-hydrogen) atoms. The lowest BCUT2D eigenvalue weighted by Crippen LogP contribution is -2.37. The fourth-order valence-corrected chi connectivity index (χ4v) is 3.19. The molecule has 0 radical (unpaired) electrons. The normalized spacial score (nSPS) is 14.0. The highest BCUT2D eigenvalue weighted by atomic mass is 16.2. The van der Waals surface area contributed by atoms with Gasteiger partial charge in [0, 0.05) is 39.0 Å². The van der Waals surface area contributed by atoms with E-state index in [0.29, 0.717) is 18.0 Å². The molecule has 148 valence electrons. The average molecular weight is 381 g/mol. The van der Waals surface area contributed by atoms with Gasteiger partial charge in [-0.15, -0.1) is 0 Å². The van der Waals surface area contributed by atoms with Crippen molar-refractivity contribution >= 4 is 12.0 Å². The third kappa shape index (κ3) is 4.32. The van der Waals surface area contributed by atoms with Gasteiger partial charge in [0.05, 0.1) is 5.56 Å². The highest BCUT2D eigenvalue weighted by molar-refractivity contribution is 5.92. The van der Waals surface area contributed by atoms with E-state index in [1.54, 1.807) is 7.05 Å². The summed E-state index contributed by atoms with van der Waals surface area (Å²) >= 11 is 0. The second kappa shape index (κ2) is 8.00. The summed E-state index contributed by atoms with van der Waals surface area (Å²) in [7, 11) is 3.01. The average Bonchev–Trinajstić information content (AvgIpc) is 3.51. The number of aromatic nitrogens is 2. The first-order valence-electron chi connectivity index (χ1n) is 9.62. The highest BCUT2D eigenvalue weighted by Gasteiger charge is 2.31. The van der Waals surface area contributed by atoms with Crippen LogP contribution in [-0.4, -0.2) is 26.0 Å². The van der Waals surface area contributed by atoms with Gasteiger partial charge in [-0.25, -0.2) is 4.79 Å². The zero-order valence-electron chi connectivity index (χ0n) is 16.9. The first kappa shape index (κ1) is 19.9. The number of aryl methyl sites for hydroxylation is 1. The molecule has 1 aromatic heterocycles. The SMILES string of the molecule is CC(C)c1ccc(CN(C(=O)/C=C/c2cn(C)c(=O)n(C)c2=O)C2CC2)cc1. The predicted octanol–water partition coefficient (Wildman–Crippen LogP) is 2.41. The van der Waals surface area contributed by atoms with Crippen LogP contribution in [0.15, 0.2) is 46.1 Å². The summed E-state index contributed by atoms with van der Waals surface area (Å²) in [5, 5.41) is 0. The zero-order chi connectivity index (χ0) is 20.4. The van der Waals surface area contributed by atoms with Gasteiger partial charge >= 0.3 is 5.69 Å². The molecule has 0 atom stereocenters. The van der Waals surface area contributed by atoms with Crippen LogP contribution in [0.25, 0.3) is 6.08 Å². The number of carbonyl (C=O) groups is 1. The smallest absolute Gasteiger partial charge is 0.330 e. The molecule has 1 amide bonds. The lowest BCUT2D eigenvalue weighted by molar-refractivity contribution is -0.127. The number of benzene rings is 1. The molecule has 0 N–H and O–H groups in total. The van der Waals surface area contributed by atoms with E-state index in [-0.39, 0.29) is 11.9 Å². The van der Waals surface area contributed by atoms with Gasteiger partial charge in [0.25, 0.3) is 5.56 Å². The van der Waals surface area contributed by atoms with E-state index in [2.05, 4.69) is 38.1 Å². The summed E-state index contributed by atoms with van der Waals surface area (Å²) in [5.74, 6) is 0.356. The molecule has 2 aromatic rings. The summed E-state index contributed by atoms with van der Waals surface area (Å²) in [6, 6.07) is 8.62. The first-order chi connectivity index (χ1) is 13.3. The van der Waals surface area contributed by atoms with Crippen molar-refractivity contribution in [2.24, 2.45) is 14.1 Å². The Bertz CT molecular complexity index is 1010. The van der Waals surface area contributed by atoms with E-state index in [9.17, 15) is 14.4 Å². The lowest BCUT2D eigenvalue weighted by atomic mass is 10.0. The van der Waals surface area contributed by atoms with Crippen molar-refractivity contribution in [1.29, 1.82) is 0 Å². The van der Waals surface area contributed by atoms with Crippen molar-refractivity contribution in [3.8, 4) is 0 Å². The molecule has 1 heterocycles. The van der Waals surface area contributed by atoms with Gasteiger partial charge < -0.3 is 9.47 Å². The highest BCUT2D eigenvalue weighted by Crippen LogP contribution is 2.29. The van der Waals surface area contributed by atoms with Crippen LogP contribution in [-0.2, 0) is 25.4 Å². The first-order valence-corrected chi connectivity index (χ1v) is 9.62. The van der Waals surface area contributed by atoms with E-state index >= 15 is 0 Å². The molecule has 0 aliphatic heterocycles. The third-order valence-electron chi connectivity index (χ3n) is 5.15. The Labute approximate surface area is 164 Å². The lowest BCUT2D eigenvalue weighted by Gasteiger charge is -2.21. The molecule has 0 spiro atoms. The summed E-state index contributed by atoms with van der Waals surface area (Å²) in [4.78, 5) is 38.6. The molecular weight excluding hydrogens is 354 g/mol. The van der Waals surface area contributed by atoms with Crippen molar-refractivity contribution in [1.82, 2.24) is 14.0 Å². The van der Waals surface area contributed by atoms with Gasteiger partial charge in [-0.05, 0) is 36.0 Å². The molecular formula is C22H27N3O3. The molecule has 0 saturated heterocycles. The molecule has 0 unspecified atom stereocenters. The Hall–Kier alpha value is -2.89. The van der Waals surface area contributed by atoms with Crippen LogP contribution < -0.4 is 11.2 Å². The van der Waals surface area contributed by atoms with Crippen LogP contribution >= 0.6 is 0 Å². The van der Waals surface area contributed by atoms with E-state index in [4.69, 9.17) is 0 Å². The third-order valence-corrected chi connectivity index (χ3v) is 5.15. The summed E-state index contributed by atoms with van der Waals surface area (Å²) < 4.78 is 2.37. The minimum Gasteiger partial charge on any atom is -0.332 e. The molecule has 1 aliphatic rings. The van der Waals surface area contributed by atoms with Crippen LogP contribution in [0.2, 0.25) is 0 Å². The van der Waals surface area contributed by atoms with Gasteiger partial charge in [-0.3, -0.25) is 14.2 Å². The van der Waals surface area contributed by atoms with Crippen LogP contribution in [0.3, 0.4) is 0 Å². The van der Waals surface area contributed by atoms with Crippen LogP contribution in [0.1, 0.15) is 49.3 Å². The van der Waals surface area contributed by atoms with E-state index in [1.165, 1.54) is 35.5 Å². The molecule has 6 heteroatoms. The number of amides is 1. The van der Waals surface area contributed by atoms with Gasteiger partial charge in [0.1, 0.15) is 0 Å². The van der Waals surface area contributed by atoms with Gasteiger partial charge in [0.15, 0.2) is 0 Å². The molecule has 6 nitrogen and oxygen atoms in total. The van der Waals surface area contributed by atoms with Crippen molar-refractivity contribution < 1.29 is 4.79 Å². The number of carbonyl (C=O) groups excluding carboxylic acids is 1. The van der Waals surface area contributed by atoms with Crippen LogP contribution in [0.4, 0.5) is 0 Å². The molecule has 1 aromatic carbocycles. The van der Waals surface area contributed by atoms with E-state index < -0.39 is 11.2 Å². The Kier molecular flexibility index (Phi) is 5.68. The summed E-state index contributed by atoms with van der Waals surface area (Å²) in [5.41, 5.74) is 1.89. The quantitative estimate of drug-likeness (QED) is 0.722. The minimum absolute atomic E-state index is 0.119. The second-order valence-corrected chi connectivity index (χ2v) is 7.77. The minimum atomic E-state index is -0.408. The maximum atomic E-state index is 12.8. The second-order valence-electron chi connectivity index (χ2n) is 7.77. The maximum absolute atomic E-state index is 12.8. The Morgan fingerprint density at radius 2 is 1.82 bits per heavy atom. The molecule has 1 aliphatic carbocycles. The molecule has 0 bridgehead atoms. The standard InChI is InChI=1S/C22H27N3O3/c1-15(2)17-7-5-16(6-8-17)13-25(19-10-11-19)20(26)12-9-18-14-23(3)22(28)24(4)21(18)27/h5-9,12,14-15,19H,10-11,13H2,1-4H3/b12-9+. The molecule has 1 saturated carbocycles. The number of hydrogen-bond acceptors (Lipinski definition) is 3. The monoisotopic (exact) mass is 381 g/mol. The van der Waals surface area contributed by atoms with Crippen molar-refractivity contribution in [3.05, 3.63) is 74.1 Å². The summed E-state index contributed by atoms with van der Waals surface area (Å²) in [6.45, 7) is 4.87. The van der Waals surface area contributed by atoms with Crippen molar-refractivity contribution in [2.45, 2.75) is 45.2 Å². The Balaban J connectivity index is 1.78. The molecule has 1 fully saturated rings. The van der Waals surface area contributed by atoms with Crippen LogP contribution in [0.5, 0.6) is 0 Å². The molecule has 3 rings (SSSR count). The number of rotatable bonds is 6. The van der Waals surface area contributed by atoms with E-state index in [0.717, 1.165) is 23.0 Å².